The summed E-state index contributed by atoms with van der Waals surface area (Å²) in [4.78, 5) is 11.9. The fourth-order valence-electron chi connectivity index (χ4n) is 1.42. The number of rotatable bonds is 6. The van der Waals surface area contributed by atoms with Gasteiger partial charge in [0.2, 0.25) is 0 Å². The number of ether oxygens (including phenoxy) is 1. The number of Topliss-reactive ketones (excluding diaryl/α,β-unsaturated/α-hetero) is 1. The predicted octanol–water partition coefficient (Wildman–Crippen LogP) is 3.36. The monoisotopic (exact) mass is 212 g/mol. The SMILES string of the molecule is C=C(C)CC(OCC)C(=O)CC(C)(C)C. The van der Waals surface area contributed by atoms with Crippen LogP contribution in [0.2, 0.25) is 0 Å². The Morgan fingerprint density at radius 2 is 1.93 bits per heavy atom. The molecular weight excluding hydrogens is 188 g/mol. The highest BCUT2D eigenvalue weighted by molar-refractivity contribution is 5.83. The Labute approximate surface area is 93.7 Å². The van der Waals surface area contributed by atoms with Crippen LogP contribution in [0, 0.1) is 5.41 Å². The van der Waals surface area contributed by atoms with Gasteiger partial charge in [-0.1, -0.05) is 26.3 Å². The van der Waals surface area contributed by atoms with Gasteiger partial charge >= 0.3 is 0 Å². The lowest BCUT2D eigenvalue weighted by atomic mass is 9.87. The molecule has 0 amide bonds. The molecule has 0 aromatic carbocycles. The molecule has 2 nitrogen and oxygen atoms in total. The second-order valence-corrected chi connectivity index (χ2v) is 5.31. The van der Waals surface area contributed by atoms with Crippen molar-refractivity contribution in [3.8, 4) is 0 Å². The van der Waals surface area contributed by atoms with Crippen LogP contribution >= 0.6 is 0 Å². The summed E-state index contributed by atoms with van der Waals surface area (Å²) in [6, 6.07) is 0. The molecule has 15 heavy (non-hydrogen) atoms. The molecule has 0 aliphatic rings. The summed E-state index contributed by atoms with van der Waals surface area (Å²) in [6.07, 6.45) is 0.903. The van der Waals surface area contributed by atoms with Crippen LogP contribution in [0.1, 0.15) is 47.5 Å². The first-order valence-electron chi connectivity index (χ1n) is 5.55. The van der Waals surface area contributed by atoms with E-state index in [1.54, 1.807) is 0 Å². The van der Waals surface area contributed by atoms with E-state index in [1.807, 2.05) is 13.8 Å². The molecule has 0 heterocycles. The molecule has 0 rings (SSSR count). The molecule has 2 heteroatoms. The van der Waals surface area contributed by atoms with Crippen molar-refractivity contribution >= 4 is 5.78 Å². The molecular formula is C13H24O2. The number of carbonyl (C=O) groups is 1. The predicted molar refractivity (Wildman–Crippen MR) is 63.9 cm³/mol. The lowest BCUT2D eigenvalue weighted by Crippen LogP contribution is -2.28. The van der Waals surface area contributed by atoms with Gasteiger partial charge in [0.15, 0.2) is 5.78 Å². The Morgan fingerprint density at radius 3 is 2.27 bits per heavy atom. The summed E-state index contributed by atoms with van der Waals surface area (Å²) in [5, 5.41) is 0. The lowest BCUT2D eigenvalue weighted by molar-refractivity contribution is -0.132. The summed E-state index contributed by atoms with van der Waals surface area (Å²) < 4.78 is 5.45. The molecule has 1 unspecified atom stereocenters. The molecule has 0 spiro atoms. The van der Waals surface area contributed by atoms with Gasteiger partial charge < -0.3 is 4.74 Å². The minimum atomic E-state index is -0.299. The van der Waals surface area contributed by atoms with Crippen molar-refractivity contribution < 1.29 is 9.53 Å². The second kappa shape index (κ2) is 6.06. The quantitative estimate of drug-likeness (QED) is 0.631. The van der Waals surface area contributed by atoms with Crippen LogP contribution in [0.4, 0.5) is 0 Å². The van der Waals surface area contributed by atoms with Crippen LogP contribution in [0.25, 0.3) is 0 Å². The van der Waals surface area contributed by atoms with Crippen molar-refractivity contribution in [2.24, 2.45) is 5.41 Å². The van der Waals surface area contributed by atoms with Gasteiger partial charge in [-0.3, -0.25) is 4.79 Å². The first-order valence-corrected chi connectivity index (χ1v) is 5.55. The summed E-state index contributed by atoms with van der Waals surface area (Å²) in [6.45, 7) is 14.4. The lowest BCUT2D eigenvalue weighted by Gasteiger charge is -2.22. The molecule has 0 aliphatic heterocycles. The van der Waals surface area contributed by atoms with Crippen molar-refractivity contribution in [2.45, 2.75) is 53.6 Å². The zero-order chi connectivity index (χ0) is 12.1. The van der Waals surface area contributed by atoms with Gasteiger partial charge in [-0.05, 0) is 19.3 Å². The van der Waals surface area contributed by atoms with E-state index < -0.39 is 0 Å². The smallest absolute Gasteiger partial charge is 0.162 e. The molecule has 0 aromatic rings. The van der Waals surface area contributed by atoms with Gasteiger partial charge in [0.1, 0.15) is 6.10 Å². The number of hydrogen-bond donors (Lipinski definition) is 0. The maximum atomic E-state index is 11.9. The first-order chi connectivity index (χ1) is 6.76. The molecule has 1 atom stereocenters. The highest BCUT2D eigenvalue weighted by atomic mass is 16.5. The third-order valence-electron chi connectivity index (χ3n) is 1.97. The summed E-state index contributed by atoms with van der Waals surface area (Å²) >= 11 is 0. The maximum Gasteiger partial charge on any atom is 0.162 e. The minimum Gasteiger partial charge on any atom is -0.370 e. The molecule has 0 bridgehead atoms. The molecule has 0 N–H and O–H groups in total. The standard InChI is InChI=1S/C13H24O2/c1-7-15-12(8-10(2)3)11(14)9-13(4,5)6/h12H,2,7-9H2,1,3-6H3. The van der Waals surface area contributed by atoms with E-state index in [9.17, 15) is 4.79 Å². The summed E-state index contributed by atoms with van der Waals surface area (Å²) in [5.41, 5.74) is 1.03. The maximum absolute atomic E-state index is 11.9. The Bertz CT molecular complexity index is 223. The van der Waals surface area contributed by atoms with Gasteiger partial charge in [0, 0.05) is 19.4 Å². The third-order valence-corrected chi connectivity index (χ3v) is 1.97. The topological polar surface area (TPSA) is 26.3 Å². The van der Waals surface area contributed by atoms with E-state index in [-0.39, 0.29) is 17.3 Å². The number of ketones is 1. The van der Waals surface area contributed by atoms with Gasteiger partial charge in [0.25, 0.3) is 0 Å². The zero-order valence-electron chi connectivity index (χ0n) is 10.7. The van der Waals surface area contributed by atoms with Gasteiger partial charge in [-0.2, -0.15) is 0 Å². The fraction of sp³-hybridized carbons (Fsp3) is 0.769. The third kappa shape index (κ3) is 7.32. The van der Waals surface area contributed by atoms with E-state index >= 15 is 0 Å². The van der Waals surface area contributed by atoms with Crippen LogP contribution in [0.5, 0.6) is 0 Å². The molecule has 0 radical (unpaired) electrons. The van der Waals surface area contributed by atoms with Crippen LogP contribution < -0.4 is 0 Å². The average Bonchev–Trinajstić information content (AvgIpc) is 1.99. The highest BCUT2D eigenvalue weighted by Gasteiger charge is 2.24. The molecule has 0 aromatic heterocycles. The van der Waals surface area contributed by atoms with Crippen molar-refractivity contribution in [1.29, 1.82) is 0 Å². The first kappa shape index (κ1) is 14.4. The summed E-state index contributed by atoms with van der Waals surface area (Å²) in [5.74, 6) is 0.187. The van der Waals surface area contributed by atoms with Crippen LogP contribution in [-0.2, 0) is 9.53 Å². The molecule has 0 saturated carbocycles. The van der Waals surface area contributed by atoms with Crippen molar-refractivity contribution in [2.75, 3.05) is 6.61 Å². The van der Waals surface area contributed by atoms with E-state index in [4.69, 9.17) is 4.74 Å². The normalized spacial score (nSPS) is 13.7. The Balaban J connectivity index is 4.35. The Morgan fingerprint density at radius 1 is 1.40 bits per heavy atom. The van der Waals surface area contributed by atoms with Crippen LogP contribution in [-0.4, -0.2) is 18.5 Å². The Hall–Kier alpha value is -0.630. The van der Waals surface area contributed by atoms with Crippen LogP contribution in [0.3, 0.4) is 0 Å². The highest BCUT2D eigenvalue weighted by Crippen LogP contribution is 2.22. The molecule has 0 saturated heterocycles. The summed E-state index contributed by atoms with van der Waals surface area (Å²) in [7, 11) is 0. The van der Waals surface area contributed by atoms with Crippen LogP contribution in [0.15, 0.2) is 12.2 Å². The van der Waals surface area contributed by atoms with E-state index in [1.165, 1.54) is 0 Å². The van der Waals surface area contributed by atoms with Gasteiger partial charge in [-0.25, -0.2) is 0 Å². The van der Waals surface area contributed by atoms with Crippen molar-refractivity contribution in [1.82, 2.24) is 0 Å². The minimum absolute atomic E-state index is 0.0293. The largest absolute Gasteiger partial charge is 0.370 e. The molecule has 88 valence electrons. The zero-order valence-corrected chi connectivity index (χ0v) is 10.7. The average molecular weight is 212 g/mol. The molecule has 0 aliphatic carbocycles. The van der Waals surface area contributed by atoms with Gasteiger partial charge in [-0.15, -0.1) is 6.58 Å². The van der Waals surface area contributed by atoms with E-state index in [0.29, 0.717) is 19.4 Å². The molecule has 0 fully saturated rings. The second-order valence-electron chi connectivity index (χ2n) is 5.31. The van der Waals surface area contributed by atoms with Gasteiger partial charge in [0.05, 0.1) is 0 Å². The van der Waals surface area contributed by atoms with E-state index in [2.05, 4.69) is 27.4 Å². The fourth-order valence-corrected chi connectivity index (χ4v) is 1.42. The van der Waals surface area contributed by atoms with E-state index in [0.717, 1.165) is 5.57 Å². The Kier molecular flexibility index (Phi) is 5.81. The number of carbonyl (C=O) groups excluding carboxylic acids is 1. The van der Waals surface area contributed by atoms with Crippen molar-refractivity contribution in [3.63, 3.8) is 0 Å². The van der Waals surface area contributed by atoms with Crippen molar-refractivity contribution in [3.05, 3.63) is 12.2 Å². The number of hydrogen-bond acceptors (Lipinski definition) is 2.